The number of para-hydroxylation sites is 1. The molecule has 0 aromatic heterocycles. The van der Waals surface area contributed by atoms with Crippen molar-refractivity contribution in [2.45, 2.75) is 19.4 Å². The molecule has 0 aliphatic carbocycles. The SMILES string of the molecule is CCC([C]=O)Oc1ccccc1. The molecule has 0 N–H and O–H groups in total. The third-order valence-electron chi connectivity index (χ3n) is 1.52. The summed E-state index contributed by atoms with van der Waals surface area (Å²) in [5.74, 6) is 0.715. The average Bonchev–Trinajstić information content (AvgIpc) is 2.16. The minimum Gasteiger partial charge on any atom is -0.482 e. The van der Waals surface area contributed by atoms with E-state index < -0.39 is 6.10 Å². The molecule has 1 radical (unpaired) electrons. The molecular weight excluding hydrogens is 152 g/mol. The zero-order chi connectivity index (χ0) is 8.81. The van der Waals surface area contributed by atoms with E-state index in [1.165, 1.54) is 0 Å². The maximum atomic E-state index is 10.3. The van der Waals surface area contributed by atoms with Crippen molar-refractivity contribution in [2.24, 2.45) is 0 Å². The van der Waals surface area contributed by atoms with Crippen molar-refractivity contribution < 1.29 is 9.53 Å². The molecule has 0 aliphatic heterocycles. The van der Waals surface area contributed by atoms with Gasteiger partial charge in [0.2, 0.25) is 6.29 Å². The molecule has 63 valence electrons. The number of ether oxygens (including phenoxy) is 1. The Morgan fingerprint density at radius 2 is 2.08 bits per heavy atom. The Balaban J connectivity index is 2.56. The zero-order valence-corrected chi connectivity index (χ0v) is 6.99. The second-order valence-electron chi connectivity index (χ2n) is 2.45. The normalized spacial score (nSPS) is 12.1. The summed E-state index contributed by atoms with van der Waals surface area (Å²) in [6.07, 6.45) is 2.04. The predicted octanol–water partition coefficient (Wildman–Crippen LogP) is 1.95. The number of benzene rings is 1. The van der Waals surface area contributed by atoms with E-state index in [0.29, 0.717) is 12.2 Å². The molecular formula is C10H11O2. The lowest BCUT2D eigenvalue weighted by Crippen LogP contribution is -2.16. The maximum Gasteiger partial charge on any atom is 0.242 e. The summed E-state index contributed by atoms with van der Waals surface area (Å²) in [6, 6.07) is 9.28. The van der Waals surface area contributed by atoms with Crippen LogP contribution in [0.3, 0.4) is 0 Å². The topological polar surface area (TPSA) is 26.3 Å². The number of hydrogen-bond donors (Lipinski definition) is 0. The second kappa shape index (κ2) is 4.54. The highest BCUT2D eigenvalue weighted by Gasteiger charge is 2.05. The molecule has 0 amide bonds. The first-order valence-corrected chi connectivity index (χ1v) is 3.96. The van der Waals surface area contributed by atoms with Crippen LogP contribution in [0.4, 0.5) is 0 Å². The van der Waals surface area contributed by atoms with Gasteiger partial charge in [0.05, 0.1) is 0 Å². The van der Waals surface area contributed by atoms with Crippen LogP contribution in [0, 0.1) is 0 Å². The van der Waals surface area contributed by atoms with E-state index in [9.17, 15) is 4.79 Å². The van der Waals surface area contributed by atoms with Gasteiger partial charge >= 0.3 is 0 Å². The third-order valence-corrected chi connectivity index (χ3v) is 1.52. The lowest BCUT2D eigenvalue weighted by atomic mass is 10.3. The van der Waals surface area contributed by atoms with Crippen molar-refractivity contribution in [3.8, 4) is 5.75 Å². The Morgan fingerprint density at radius 3 is 2.58 bits per heavy atom. The quantitative estimate of drug-likeness (QED) is 0.678. The number of rotatable bonds is 4. The summed E-state index contributed by atoms with van der Waals surface area (Å²) >= 11 is 0. The van der Waals surface area contributed by atoms with Gasteiger partial charge in [-0.05, 0) is 18.6 Å². The van der Waals surface area contributed by atoms with Gasteiger partial charge in [-0.2, -0.15) is 0 Å². The van der Waals surface area contributed by atoms with Gasteiger partial charge in [0.1, 0.15) is 5.75 Å². The van der Waals surface area contributed by atoms with Crippen molar-refractivity contribution in [3.63, 3.8) is 0 Å². The van der Waals surface area contributed by atoms with Gasteiger partial charge in [0.25, 0.3) is 0 Å². The van der Waals surface area contributed by atoms with E-state index in [2.05, 4.69) is 0 Å². The summed E-state index contributed by atoms with van der Waals surface area (Å²) in [6.45, 7) is 1.89. The van der Waals surface area contributed by atoms with Gasteiger partial charge in [-0.15, -0.1) is 0 Å². The molecule has 0 spiro atoms. The van der Waals surface area contributed by atoms with Gasteiger partial charge in [0, 0.05) is 0 Å². The first kappa shape index (κ1) is 8.78. The van der Waals surface area contributed by atoms with E-state index in [1.807, 2.05) is 43.5 Å². The number of hydrogen-bond acceptors (Lipinski definition) is 2. The fourth-order valence-electron chi connectivity index (χ4n) is 0.854. The predicted molar refractivity (Wildman–Crippen MR) is 46.8 cm³/mol. The van der Waals surface area contributed by atoms with Gasteiger partial charge in [0.15, 0.2) is 6.10 Å². The fraction of sp³-hybridized carbons (Fsp3) is 0.300. The monoisotopic (exact) mass is 163 g/mol. The van der Waals surface area contributed by atoms with Crippen LogP contribution in [0.2, 0.25) is 0 Å². The van der Waals surface area contributed by atoms with E-state index >= 15 is 0 Å². The summed E-state index contributed by atoms with van der Waals surface area (Å²) < 4.78 is 5.29. The largest absolute Gasteiger partial charge is 0.482 e. The smallest absolute Gasteiger partial charge is 0.242 e. The molecule has 12 heavy (non-hydrogen) atoms. The van der Waals surface area contributed by atoms with Crippen LogP contribution in [0.5, 0.6) is 5.75 Å². The van der Waals surface area contributed by atoms with Crippen LogP contribution >= 0.6 is 0 Å². The van der Waals surface area contributed by atoms with Crippen molar-refractivity contribution in [1.29, 1.82) is 0 Å². The maximum absolute atomic E-state index is 10.3. The molecule has 0 saturated carbocycles. The van der Waals surface area contributed by atoms with Crippen LogP contribution in [-0.2, 0) is 4.79 Å². The molecule has 1 atom stereocenters. The Kier molecular flexibility index (Phi) is 3.33. The lowest BCUT2D eigenvalue weighted by molar-refractivity contribution is 0.255. The van der Waals surface area contributed by atoms with Gasteiger partial charge in [-0.25, -0.2) is 0 Å². The van der Waals surface area contributed by atoms with Crippen molar-refractivity contribution >= 4 is 6.29 Å². The molecule has 0 heterocycles. The van der Waals surface area contributed by atoms with Crippen LogP contribution < -0.4 is 4.74 Å². The second-order valence-corrected chi connectivity index (χ2v) is 2.45. The van der Waals surface area contributed by atoms with Crippen LogP contribution in [-0.4, -0.2) is 12.4 Å². The van der Waals surface area contributed by atoms with Crippen molar-refractivity contribution in [1.82, 2.24) is 0 Å². The first-order chi connectivity index (χ1) is 5.86. The molecule has 0 fully saturated rings. The standard InChI is InChI=1S/C10H11O2/c1-2-9(8-11)12-10-6-4-3-5-7-10/h3-7,9H,2H2,1H3. The molecule has 1 rings (SSSR count). The van der Waals surface area contributed by atoms with E-state index in [-0.39, 0.29) is 0 Å². The summed E-state index contributed by atoms with van der Waals surface area (Å²) in [5.41, 5.74) is 0. The first-order valence-electron chi connectivity index (χ1n) is 3.96. The molecule has 0 saturated heterocycles. The molecule has 1 aromatic carbocycles. The summed E-state index contributed by atoms with van der Waals surface area (Å²) in [7, 11) is 0. The van der Waals surface area contributed by atoms with E-state index in [1.54, 1.807) is 0 Å². The van der Waals surface area contributed by atoms with Crippen molar-refractivity contribution in [2.75, 3.05) is 0 Å². The summed E-state index contributed by atoms with van der Waals surface area (Å²) in [5, 5.41) is 0. The third kappa shape index (κ3) is 2.38. The van der Waals surface area contributed by atoms with Gasteiger partial charge < -0.3 is 4.74 Å². The van der Waals surface area contributed by atoms with Gasteiger partial charge in [-0.3, -0.25) is 4.79 Å². The van der Waals surface area contributed by atoms with Crippen molar-refractivity contribution in [3.05, 3.63) is 30.3 Å². The molecule has 0 aliphatic rings. The highest BCUT2D eigenvalue weighted by atomic mass is 16.5. The Labute approximate surface area is 72.2 Å². The molecule has 2 heteroatoms. The average molecular weight is 163 g/mol. The minimum absolute atomic E-state index is 0.438. The zero-order valence-electron chi connectivity index (χ0n) is 6.99. The molecule has 1 unspecified atom stereocenters. The van der Waals surface area contributed by atoms with Crippen LogP contribution in [0.1, 0.15) is 13.3 Å². The van der Waals surface area contributed by atoms with Crippen LogP contribution in [0.25, 0.3) is 0 Å². The molecule has 1 aromatic rings. The highest BCUT2D eigenvalue weighted by Crippen LogP contribution is 2.10. The molecule has 0 bridgehead atoms. The lowest BCUT2D eigenvalue weighted by Gasteiger charge is -2.09. The van der Waals surface area contributed by atoms with Crippen LogP contribution in [0.15, 0.2) is 30.3 Å². The Bertz CT molecular complexity index is 231. The summed E-state index contributed by atoms with van der Waals surface area (Å²) in [4.78, 5) is 10.3. The highest BCUT2D eigenvalue weighted by molar-refractivity contribution is 5.57. The number of carbonyl (C=O) groups excluding carboxylic acids is 1. The Morgan fingerprint density at radius 1 is 1.42 bits per heavy atom. The fourth-order valence-corrected chi connectivity index (χ4v) is 0.854. The molecule has 2 nitrogen and oxygen atoms in total. The van der Waals surface area contributed by atoms with E-state index in [4.69, 9.17) is 4.74 Å². The van der Waals surface area contributed by atoms with Gasteiger partial charge in [-0.1, -0.05) is 25.1 Å². The minimum atomic E-state index is -0.438. The Hall–Kier alpha value is -1.31. The van der Waals surface area contributed by atoms with E-state index in [0.717, 1.165) is 0 Å².